The number of hydrogen-bond acceptors (Lipinski definition) is 1. The molecule has 0 saturated heterocycles. The van der Waals surface area contributed by atoms with E-state index in [0.717, 1.165) is 24.1 Å². The monoisotopic (exact) mass is 692 g/mol. The van der Waals surface area contributed by atoms with E-state index in [-0.39, 0.29) is 11.5 Å². The first-order valence-electron chi connectivity index (χ1n) is 19.3. The van der Waals surface area contributed by atoms with Gasteiger partial charge in [-0.1, -0.05) is 172 Å². The van der Waals surface area contributed by atoms with Crippen molar-refractivity contribution >= 4 is 33.1 Å². The second-order valence-electron chi connectivity index (χ2n) is 16.0. The molecule has 0 bridgehead atoms. The number of rotatable bonds is 3. The lowest BCUT2D eigenvalue weighted by Gasteiger charge is -2.40. The maximum atomic E-state index is 5.80. The van der Waals surface area contributed by atoms with Crippen molar-refractivity contribution in [3.8, 4) is 16.8 Å². The third-order valence-corrected chi connectivity index (χ3v) is 12.6. The van der Waals surface area contributed by atoms with Crippen LogP contribution in [-0.4, -0.2) is 10.3 Å². The predicted octanol–water partition coefficient (Wildman–Crippen LogP) is 12.9. The van der Waals surface area contributed by atoms with Crippen molar-refractivity contribution in [3.05, 3.63) is 215 Å². The fraction of sp³-hybridized carbons (Fsp3) is 0.135. The Morgan fingerprint density at radius 3 is 2.04 bits per heavy atom. The molecule has 3 heterocycles. The average Bonchev–Trinajstić information content (AvgIpc) is 3.71. The van der Waals surface area contributed by atoms with Crippen LogP contribution in [0, 0.1) is 5.41 Å². The highest BCUT2D eigenvalue weighted by molar-refractivity contribution is 6.13. The van der Waals surface area contributed by atoms with E-state index in [0.29, 0.717) is 0 Å². The fourth-order valence-electron chi connectivity index (χ4n) is 10.1. The van der Waals surface area contributed by atoms with Crippen molar-refractivity contribution in [1.29, 1.82) is 0 Å². The Morgan fingerprint density at radius 2 is 1.20 bits per heavy atom. The van der Waals surface area contributed by atoms with Crippen LogP contribution < -0.4 is 0 Å². The van der Waals surface area contributed by atoms with Gasteiger partial charge in [-0.25, -0.2) is 0 Å². The van der Waals surface area contributed by atoms with Gasteiger partial charge in [0.1, 0.15) is 0 Å². The third kappa shape index (κ3) is 4.31. The van der Waals surface area contributed by atoms with Crippen LogP contribution in [0.3, 0.4) is 0 Å². The molecule has 258 valence electrons. The highest BCUT2D eigenvalue weighted by atomic mass is 15.0. The van der Waals surface area contributed by atoms with Crippen LogP contribution in [0.4, 0.5) is 0 Å². The van der Waals surface area contributed by atoms with Gasteiger partial charge in [-0.3, -0.25) is 4.99 Å². The number of aromatic nitrogens is 1. The van der Waals surface area contributed by atoms with E-state index in [4.69, 9.17) is 4.99 Å². The van der Waals surface area contributed by atoms with Gasteiger partial charge in [0.05, 0.1) is 33.9 Å². The summed E-state index contributed by atoms with van der Waals surface area (Å²) in [7, 11) is 0. The zero-order valence-electron chi connectivity index (χ0n) is 30.6. The van der Waals surface area contributed by atoms with Gasteiger partial charge in [0.25, 0.3) is 0 Å². The van der Waals surface area contributed by atoms with Gasteiger partial charge in [-0.15, -0.1) is 0 Å². The topological polar surface area (TPSA) is 17.3 Å². The zero-order chi connectivity index (χ0) is 36.0. The molecule has 1 aliphatic carbocycles. The van der Waals surface area contributed by atoms with Crippen LogP contribution in [-0.2, 0) is 5.41 Å². The van der Waals surface area contributed by atoms with E-state index < -0.39 is 5.41 Å². The maximum Gasteiger partial charge on any atom is 0.0807 e. The number of benzene rings is 7. The molecule has 3 aliphatic rings. The number of nitrogens with zero attached hydrogens (tertiary/aromatic N) is 2. The first-order chi connectivity index (χ1) is 26.5. The largest absolute Gasteiger partial charge is 0.309 e. The van der Waals surface area contributed by atoms with Gasteiger partial charge in [0, 0.05) is 10.8 Å². The van der Waals surface area contributed by atoms with E-state index >= 15 is 0 Å². The van der Waals surface area contributed by atoms with E-state index in [1.54, 1.807) is 0 Å². The van der Waals surface area contributed by atoms with E-state index in [1.165, 1.54) is 77.6 Å². The predicted molar refractivity (Wildman–Crippen MR) is 225 cm³/mol. The summed E-state index contributed by atoms with van der Waals surface area (Å²) in [5, 5.41) is 2.60. The molecule has 0 N–H and O–H groups in total. The van der Waals surface area contributed by atoms with E-state index in [9.17, 15) is 0 Å². The summed E-state index contributed by atoms with van der Waals surface area (Å²) >= 11 is 0. The molecule has 1 spiro atoms. The molecular weight excluding hydrogens is 653 g/mol. The lowest BCUT2D eigenvalue weighted by Crippen LogP contribution is -2.33. The van der Waals surface area contributed by atoms with Gasteiger partial charge < -0.3 is 4.57 Å². The molecule has 2 nitrogen and oxygen atoms in total. The van der Waals surface area contributed by atoms with Crippen molar-refractivity contribution in [2.24, 2.45) is 10.4 Å². The first kappa shape index (κ1) is 31.3. The molecule has 2 aliphatic heterocycles. The Labute approximate surface area is 316 Å². The Hall–Kier alpha value is -6.25. The van der Waals surface area contributed by atoms with Crippen LogP contribution in [0.1, 0.15) is 71.7 Å². The smallest absolute Gasteiger partial charge is 0.0807 e. The van der Waals surface area contributed by atoms with Crippen LogP contribution in [0.25, 0.3) is 44.2 Å². The summed E-state index contributed by atoms with van der Waals surface area (Å²) in [6.07, 6.45) is 4.36. The number of allylic oxidation sites excluding steroid dienone is 2. The van der Waals surface area contributed by atoms with Gasteiger partial charge in [-0.2, -0.15) is 0 Å². The SMILES string of the molecule is CC1(C)CC/C(c2ccccc2)=C\C(c2ccccc2)=NC1c1ccc2c(c1)C1(c3ccccc3-2)c2ccccc2-n2c3ccccc3c3cccc1c32. The number of fused-ring (bicyclic) bond motifs is 12. The average molecular weight is 693 g/mol. The zero-order valence-corrected chi connectivity index (χ0v) is 30.6. The molecule has 0 amide bonds. The van der Waals surface area contributed by atoms with Crippen LogP contribution in [0.5, 0.6) is 0 Å². The number of aliphatic imine (C=N–C) groups is 1. The van der Waals surface area contributed by atoms with Crippen molar-refractivity contribution in [3.63, 3.8) is 0 Å². The molecule has 2 atom stereocenters. The summed E-state index contributed by atoms with van der Waals surface area (Å²) < 4.78 is 2.52. The first-order valence-corrected chi connectivity index (χ1v) is 19.3. The molecule has 0 radical (unpaired) electrons. The molecule has 7 aromatic carbocycles. The Bertz CT molecular complexity index is 2850. The molecule has 1 aromatic heterocycles. The fourth-order valence-corrected chi connectivity index (χ4v) is 10.1. The summed E-state index contributed by atoms with van der Waals surface area (Å²) in [5.74, 6) is 0. The molecule has 2 unspecified atom stereocenters. The van der Waals surface area contributed by atoms with Crippen molar-refractivity contribution in [2.75, 3.05) is 0 Å². The Morgan fingerprint density at radius 1 is 0.556 bits per heavy atom. The van der Waals surface area contributed by atoms with Gasteiger partial charge in [0.2, 0.25) is 0 Å². The lowest BCUT2D eigenvalue weighted by molar-refractivity contribution is 0.271. The van der Waals surface area contributed by atoms with Gasteiger partial charge in [0.15, 0.2) is 0 Å². The molecule has 11 rings (SSSR count). The van der Waals surface area contributed by atoms with Crippen LogP contribution in [0.15, 0.2) is 181 Å². The lowest BCUT2D eigenvalue weighted by atomic mass is 9.65. The summed E-state index contributed by atoms with van der Waals surface area (Å²) in [4.78, 5) is 5.80. The normalized spacial score (nSPS) is 20.4. The highest BCUT2D eigenvalue weighted by Gasteiger charge is 2.51. The molecule has 0 fully saturated rings. The van der Waals surface area contributed by atoms with Crippen LogP contribution >= 0.6 is 0 Å². The number of hydrogen-bond donors (Lipinski definition) is 0. The second kappa shape index (κ2) is 11.6. The summed E-state index contributed by atoms with van der Waals surface area (Å²) in [6.45, 7) is 4.84. The van der Waals surface area contributed by atoms with E-state index in [2.05, 4.69) is 194 Å². The minimum atomic E-state index is -0.486. The Balaban J connectivity index is 1.20. The standard InChI is InChI=1S/C52H40N2/c1-51(2)31-30-36(34-16-5-3-6-17-34)33-46(35-18-7-4-8-19-35)53-50(51)37-28-29-39-38-20-9-11-23-42(38)52(45(39)32-37)43-24-12-14-27-48(43)54-47-26-13-10-21-40(47)41-22-15-25-44(52)49(41)54/h3-29,32-33,50H,30-31H2,1-2H3/b36-33+,53-46?. The minimum absolute atomic E-state index is 0.0478. The summed E-state index contributed by atoms with van der Waals surface area (Å²) in [6, 6.07) is 63.1. The highest BCUT2D eigenvalue weighted by Crippen LogP contribution is 2.61. The van der Waals surface area contributed by atoms with Crippen LogP contribution in [0.2, 0.25) is 0 Å². The molecule has 2 heteroatoms. The minimum Gasteiger partial charge on any atom is -0.309 e. The molecular formula is C52H40N2. The third-order valence-electron chi connectivity index (χ3n) is 12.6. The van der Waals surface area contributed by atoms with Crippen molar-refractivity contribution in [1.82, 2.24) is 4.57 Å². The quantitative estimate of drug-likeness (QED) is 0.175. The van der Waals surface area contributed by atoms with Gasteiger partial charge in [-0.05, 0) is 92.1 Å². The molecule has 54 heavy (non-hydrogen) atoms. The number of para-hydroxylation sites is 3. The van der Waals surface area contributed by atoms with E-state index in [1.807, 2.05) is 0 Å². The maximum absolute atomic E-state index is 5.80. The Kier molecular flexibility index (Phi) is 6.74. The van der Waals surface area contributed by atoms with Crippen molar-refractivity contribution < 1.29 is 0 Å². The summed E-state index contributed by atoms with van der Waals surface area (Å²) in [5.41, 5.74) is 17.3. The second-order valence-corrected chi connectivity index (χ2v) is 16.0. The molecule has 8 aromatic rings. The van der Waals surface area contributed by atoms with Gasteiger partial charge >= 0.3 is 0 Å². The molecule has 0 saturated carbocycles. The van der Waals surface area contributed by atoms with Crippen molar-refractivity contribution in [2.45, 2.75) is 38.1 Å².